The minimum Gasteiger partial charge on any atom is -0.427 e. The van der Waals surface area contributed by atoms with Crippen molar-refractivity contribution in [2.75, 3.05) is 26.2 Å². The molecule has 1 aromatic rings. The van der Waals surface area contributed by atoms with E-state index in [1.165, 1.54) is 6.92 Å². The molecule has 1 aliphatic rings. The van der Waals surface area contributed by atoms with Gasteiger partial charge in [-0.1, -0.05) is 13.0 Å². The van der Waals surface area contributed by atoms with E-state index in [-0.39, 0.29) is 11.8 Å². The first kappa shape index (κ1) is 17.0. The molecule has 0 saturated carbocycles. The standard InChI is InChI=1S/C17H22N2O4/c1-3-5-16(21)18-8-10-19(11-9-18)17(22)14-6-4-7-15(12-14)23-13(2)20/h4,6-7,12H,3,5,8-11H2,1-2H3. The predicted octanol–water partition coefficient (Wildman–Crippen LogP) is 1.70. The second-order valence-corrected chi connectivity index (χ2v) is 5.54. The van der Waals surface area contributed by atoms with E-state index in [1.807, 2.05) is 11.8 Å². The smallest absolute Gasteiger partial charge is 0.308 e. The highest BCUT2D eigenvalue weighted by atomic mass is 16.5. The number of nitrogens with zero attached hydrogens (tertiary/aromatic N) is 2. The molecular formula is C17H22N2O4. The highest BCUT2D eigenvalue weighted by molar-refractivity contribution is 5.95. The van der Waals surface area contributed by atoms with Gasteiger partial charge in [0.15, 0.2) is 0 Å². The van der Waals surface area contributed by atoms with Crippen molar-refractivity contribution in [1.29, 1.82) is 0 Å². The average Bonchev–Trinajstić information content (AvgIpc) is 2.54. The fourth-order valence-corrected chi connectivity index (χ4v) is 2.57. The molecule has 0 N–H and O–H groups in total. The Labute approximate surface area is 136 Å². The third kappa shape index (κ3) is 4.55. The molecule has 0 unspecified atom stereocenters. The zero-order chi connectivity index (χ0) is 16.8. The quantitative estimate of drug-likeness (QED) is 0.626. The van der Waals surface area contributed by atoms with Crippen molar-refractivity contribution in [3.05, 3.63) is 29.8 Å². The van der Waals surface area contributed by atoms with Crippen LogP contribution < -0.4 is 4.74 Å². The molecule has 1 fully saturated rings. The van der Waals surface area contributed by atoms with Gasteiger partial charge in [-0.25, -0.2) is 0 Å². The van der Waals surface area contributed by atoms with E-state index in [2.05, 4.69) is 0 Å². The summed E-state index contributed by atoms with van der Waals surface area (Å²) >= 11 is 0. The lowest BCUT2D eigenvalue weighted by atomic mass is 10.1. The summed E-state index contributed by atoms with van der Waals surface area (Å²) in [6.07, 6.45) is 1.39. The van der Waals surface area contributed by atoms with Gasteiger partial charge in [-0.3, -0.25) is 14.4 Å². The molecule has 1 heterocycles. The molecule has 0 bridgehead atoms. The minimum atomic E-state index is -0.419. The number of hydrogen-bond donors (Lipinski definition) is 0. The first-order valence-electron chi connectivity index (χ1n) is 7.86. The van der Waals surface area contributed by atoms with Crippen molar-refractivity contribution < 1.29 is 19.1 Å². The monoisotopic (exact) mass is 318 g/mol. The molecule has 124 valence electrons. The molecule has 1 saturated heterocycles. The molecule has 0 aromatic heterocycles. The maximum absolute atomic E-state index is 12.5. The Morgan fingerprint density at radius 1 is 1.09 bits per heavy atom. The molecule has 1 aliphatic heterocycles. The zero-order valence-corrected chi connectivity index (χ0v) is 13.6. The number of rotatable bonds is 4. The Kier molecular flexibility index (Phi) is 5.73. The van der Waals surface area contributed by atoms with Gasteiger partial charge >= 0.3 is 5.97 Å². The zero-order valence-electron chi connectivity index (χ0n) is 13.6. The summed E-state index contributed by atoms with van der Waals surface area (Å²) in [4.78, 5) is 38.9. The van der Waals surface area contributed by atoms with Crippen LogP contribution in [0.1, 0.15) is 37.0 Å². The maximum Gasteiger partial charge on any atom is 0.308 e. The summed E-state index contributed by atoms with van der Waals surface area (Å²) in [5, 5.41) is 0. The summed E-state index contributed by atoms with van der Waals surface area (Å²) in [6, 6.07) is 6.59. The highest BCUT2D eigenvalue weighted by Crippen LogP contribution is 2.16. The minimum absolute atomic E-state index is 0.110. The van der Waals surface area contributed by atoms with Crippen molar-refractivity contribution in [3.8, 4) is 5.75 Å². The van der Waals surface area contributed by atoms with Gasteiger partial charge in [0.05, 0.1) is 0 Å². The Balaban J connectivity index is 1.97. The molecule has 1 aromatic carbocycles. The Morgan fingerprint density at radius 3 is 2.35 bits per heavy atom. The van der Waals surface area contributed by atoms with Crippen molar-refractivity contribution in [3.63, 3.8) is 0 Å². The maximum atomic E-state index is 12.5. The van der Waals surface area contributed by atoms with E-state index in [0.29, 0.717) is 43.9 Å². The van der Waals surface area contributed by atoms with Crippen LogP contribution >= 0.6 is 0 Å². The second kappa shape index (κ2) is 7.76. The van der Waals surface area contributed by atoms with Gasteiger partial charge < -0.3 is 14.5 Å². The number of ether oxygens (including phenoxy) is 1. The number of esters is 1. The average molecular weight is 318 g/mol. The van der Waals surface area contributed by atoms with Crippen LogP contribution in [0.15, 0.2) is 24.3 Å². The largest absolute Gasteiger partial charge is 0.427 e. The third-order valence-electron chi connectivity index (χ3n) is 3.73. The molecule has 0 spiro atoms. The summed E-state index contributed by atoms with van der Waals surface area (Å²) in [7, 11) is 0. The van der Waals surface area contributed by atoms with Gasteiger partial charge in [-0.2, -0.15) is 0 Å². The molecule has 0 radical (unpaired) electrons. The van der Waals surface area contributed by atoms with Crippen molar-refractivity contribution in [2.24, 2.45) is 0 Å². The first-order chi connectivity index (χ1) is 11.0. The van der Waals surface area contributed by atoms with E-state index in [4.69, 9.17) is 4.74 Å². The van der Waals surface area contributed by atoms with Gasteiger partial charge in [0.25, 0.3) is 5.91 Å². The highest BCUT2D eigenvalue weighted by Gasteiger charge is 2.24. The molecule has 6 nitrogen and oxygen atoms in total. The Hall–Kier alpha value is -2.37. The Bertz CT molecular complexity index is 592. The third-order valence-corrected chi connectivity index (χ3v) is 3.73. The van der Waals surface area contributed by atoms with Crippen LogP contribution in [0.4, 0.5) is 0 Å². The molecule has 2 amide bonds. The van der Waals surface area contributed by atoms with Crippen molar-refractivity contribution in [2.45, 2.75) is 26.7 Å². The van der Waals surface area contributed by atoms with Gasteiger partial charge in [-0.05, 0) is 24.6 Å². The Morgan fingerprint density at radius 2 is 1.74 bits per heavy atom. The van der Waals surface area contributed by atoms with Gasteiger partial charge in [0, 0.05) is 45.1 Å². The molecule has 6 heteroatoms. The fraction of sp³-hybridized carbons (Fsp3) is 0.471. The summed E-state index contributed by atoms with van der Waals surface area (Å²) in [5.74, 6) is -0.0178. The van der Waals surface area contributed by atoms with E-state index >= 15 is 0 Å². The lowest BCUT2D eigenvalue weighted by Crippen LogP contribution is -2.50. The molecule has 23 heavy (non-hydrogen) atoms. The van der Waals surface area contributed by atoms with Gasteiger partial charge in [0.1, 0.15) is 5.75 Å². The van der Waals surface area contributed by atoms with Crippen LogP contribution in [-0.4, -0.2) is 53.8 Å². The first-order valence-corrected chi connectivity index (χ1v) is 7.86. The molecule has 2 rings (SSSR count). The van der Waals surface area contributed by atoms with Crippen LogP contribution in [0, 0.1) is 0 Å². The predicted molar refractivity (Wildman–Crippen MR) is 85.1 cm³/mol. The molecule has 0 atom stereocenters. The molecule has 0 aliphatic carbocycles. The lowest BCUT2D eigenvalue weighted by Gasteiger charge is -2.34. The number of carbonyl (C=O) groups excluding carboxylic acids is 3. The van der Waals surface area contributed by atoms with Crippen LogP contribution in [-0.2, 0) is 9.59 Å². The normalized spacial score (nSPS) is 14.5. The van der Waals surface area contributed by atoms with Crippen molar-refractivity contribution in [1.82, 2.24) is 9.80 Å². The van der Waals surface area contributed by atoms with E-state index < -0.39 is 5.97 Å². The number of benzene rings is 1. The van der Waals surface area contributed by atoms with E-state index in [1.54, 1.807) is 29.2 Å². The van der Waals surface area contributed by atoms with Crippen LogP contribution in [0.2, 0.25) is 0 Å². The van der Waals surface area contributed by atoms with Crippen LogP contribution in [0.25, 0.3) is 0 Å². The number of carbonyl (C=O) groups is 3. The van der Waals surface area contributed by atoms with Crippen LogP contribution in [0.5, 0.6) is 5.75 Å². The molecular weight excluding hydrogens is 296 g/mol. The van der Waals surface area contributed by atoms with Gasteiger partial charge in [-0.15, -0.1) is 0 Å². The van der Waals surface area contributed by atoms with E-state index in [9.17, 15) is 14.4 Å². The van der Waals surface area contributed by atoms with Crippen LogP contribution in [0.3, 0.4) is 0 Å². The summed E-state index contributed by atoms with van der Waals surface area (Å²) < 4.78 is 5.01. The number of amides is 2. The lowest BCUT2D eigenvalue weighted by molar-refractivity contribution is -0.133. The fourth-order valence-electron chi connectivity index (χ4n) is 2.57. The second-order valence-electron chi connectivity index (χ2n) is 5.54. The number of hydrogen-bond acceptors (Lipinski definition) is 4. The number of piperazine rings is 1. The van der Waals surface area contributed by atoms with Crippen molar-refractivity contribution >= 4 is 17.8 Å². The summed E-state index contributed by atoms with van der Waals surface area (Å²) in [6.45, 7) is 5.47. The SMILES string of the molecule is CCCC(=O)N1CCN(C(=O)c2cccc(OC(C)=O)c2)CC1. The van der Waals surface area contributed by atoms with Gasteiger partial charge in [0.2, 0.25) is 5.91 Å². The van der Waals surface area contributed by atoms with E-state index in [0.717, 1.165) is 6.42 Å². The summed E-state index contributed by atoms with van der Waals surface area (Å²) in [5.41, 5.74) is 0.483. The topological polar surface area (TPSA) is 66.9 Å².